The van der Waals surface area contributed by atoms with Crippen LogP contribution in [0.1, 0.15) is 6.92 Å². The van der Waals surface area contributed by atoms with Gasteiger partial charge in [-0.15, -0.1) is 0 Å². The number of halogens is 1. The molecular weight excluding hydrogens is 230 g/mol. The molecule has 0 radical (unpaired) electrons. The van der Waals surface area contributed by atoms with Crippen LogP contribution < -0.4 is 4.90 Å². The Morgan fingerprint density at radius 3 is 3.00 bits per heavy atom. The van der Waals surface area contributed by atoms with Gasteiger partial charge in [-0.25, -0.2) is 4.98 Å². The second kappa shape index (κ2) is 4.41. The number of hydrogen-bond donors (Lipinski definition) is 0. The average molecular weight is 242 g/mol. The van der Waals surface area contributed by atoms with Crippen LogP contribution in [0.5, 0.6) is 0 Å². The van der Waals surface area contributed by atoms with Gasteiger partial charge in [-0.1, -0.05) is 23.4 Å². The Kier molecular flexibility index (Phi) is 3.17. The van der Waals surface area contributed by atoms with E-state index in [1.54, 1.807) is 24.0 Å². The minimum Gasteiger partial charge on any atom is -0.316 e. The van der Waals surface area contributed by atoms with Crippen molar-refractivity contribution in [2.45, 2.75) is 13.0 Å². The Morgan fingerprint density at radius 2 is 2.40 bits per heavy atom. The van der Waals surface area contributed by atoms with Crippen LogP contribution >= 0.6 is 23.4 Å². The first-order valence-corrected chi connectivity index (χ1v) is 6.09. The highest BCUT2D eigenvalue weighted by molar-refractivity contribution is 8.14. The summed E-state index contributed by atoms with van der Waals surface area (Å²) in [6, 6.07) is 4.24. The van der Waals surface area contributed by atoms with E-state index in [4.69, 9.17) is 11.6 Å². The number of thioether (sulfide) groups is 1. The number of amidine groups is 1. The van der Waals surface area contributed by atoms with E-state index in [-0.39, 0.29) is 0 Å². The van der Waals surface area contributed by atoms with E-state index in [9.17, 15) is 0 Å². The molecule has 3 nitrogen and oxygen atoms in total. The van der Waals surface area contributed by atoms with Gasteiger partial charge in [-0.3, -0.25) is 4.99 Å². The van der Waals surface area contributed by atoms with Gasteiger partial charge in [-0.2, -0.15) is 0 Å². The van der Waals surface area contributed by atoms with Gasteiger partial charge in [0.25, 0.3) is 0 Å². The molecule has 0 saturated carbocycles. The van der Waals surface area contributed by atoms with Crippen molar-refractivity contribution in [1.82, 2.24) is 4.98 Å². The summed E-state index contributed by atoms with van der Waals surface area (Å²) >= 11 is 7.53. The quantitative estimate of drug-likeness (QED) is 0.708. The third-order valence-electron chi connectivity index (χ3n) is 2.28. The van der Waals surface area contributed by atoms with E-state index in [0.29, 0.717) is 11.2 Å². The Labute approximate surface area is 98.6 Å². The SMILES string of the molecule is CN=C1SCC(C)N1c1ccc(Cl)nc1. The molecule has 1 aliphatic heterocycles. The molecule has 1 aliphatic rings. The largest absolute Gasteiger partial charge is 0.316 e. The highest BCUT2D eigenvalue weighted by Crippen LogP contribution is 2.29. The Morgan fingerprint density at radius 1 is 1.60 bits per heavy atom. The van der Waals surface area contributed by atoms with Crippen molar-refractivity contribution in [1.29, 1.82) is 0 Å². The Balaban J connectivity index is 2.32. The predicted molar refractivity (Wildman–Crippen MR) is 67.0 cm³/mol. The van der Waals surface area contributed by atoms with Crippen molar-refractivity contribution in [3.8, 4) is 0 Å². The minimum atomic E-state index is 0.455. The van der Waals surface area contributed by atoms with Crippen LogP contribution in [-0.4, -0.2) is 29.0 Å². The van der Waals surface area contributed by atoms with Crippen LogP contribution in [0.25, 0.3) is 0 Å². The van der Waals surface area contributed by atoms with E-state index >= 15 is 0 Å². The topological polar surface area (TPSA) is 28.5 Å². The van der Waals surface area contributed by atoms with E-state index in [1.807, 2.05) is 13.1 Å². The van der Waals surface area contributed by atoms with Gasteiger partial charge in [0.1, 0.15) is 5.15 Å². The third kappa shape index (κ3) is 2.11. The van der Waals surface area contributed by atoms with Gasteiger partial charge in [0.15, 0.2) is 5.17 Å². The van der Waals surface area contributed by atoms with Crippen molar-refractivity contribution in [3.63, 3.8) is 0 Å². The van der Waals surface area contributed by atoms with Crippen LogP contribution in [-0.2, 0) is 0 Å². The zero-order chi connectivity index (χ0) is 10.8. The number of pyridine rings is 1. The third-order valence-corrected chi connectivity index (χ3v) is 3.79. The van der Waals surface area contributed by atoms with Gasteiger partial charge in [0.2, 0.25) is 0 Å². The van der Waals surface area contributed by atoms with Crippen LogP contribution in [0.4, 0.5) is 5.69 Å². The number of anilines is 1. The first-order valence-electron chi connectivity index (χ1n) is 4.72. The summed E-state index contributed by atoms with van der Waals surface area (Å²) in [5, 5.41) is 1.57. The molecule has 0 N–H and O–H groups in total. The number of hydrogen-bond acceptors (Lipinski definition) is 3. The van der Waals surface area contributed by atoms with Gasteiger partial charge >= 0.3 is 0 Å². The highest BCUT2D eigenvalue weighted by Gasteiger charge is 2.27. The molecule has 1 unspecified atom stereocenters. The first-order chi connectivity index (χ1) is 7.22. The van der Waals surface area contributed by atoms with E-state index in [1.165, 1.54) is 0 Å². The van der Waals surface area contributed by atoms with Crippen LogP contribution in [0, 0.1) is 0 Å². The van der Waals surface area contributed by atoms with E-state index < -0.39 is 0 Å². The summed E-state index contributed by atoms with van der Waals surface area (Å²) in [6.45, 7) is 2.18. The molecule has 5 heteroatoms. The molecule has 1 aromatic rings. The van der Waals surface area contributed by atoms with Crippen molar-refractivity contribution in [3.05, 3.63) is 23.5 Å². The fourth-order valence-corrected chi connectivity index (χ4v) is 2.78. The molecule has 0 aromatic carbocycles. The molecule has 80 valence electrons. The van der Waals surface area contributed by atoms with Gasteiger partial charge < -0.3 is 4.90 Å². The molecule has 2 heterocycles. The van der Waals surface area contributed by atoms with Crippen molar-refractivity contribution in [2.24, 2.45) is 4.99 Å². The molecular formula is C10H12ClN3S. The van der Waals surface area contributed by atoms with Gasteiger partial charge in [0.05, 0.1) is 11.9 Å². The minimum absolute atomic E-state index is 0.455. The second-order valence-corrected chi connectivity index (χ2v) is 4.75. The maximum atomic E-state index is 5.76. The molecule has 0 aliphatic carbocycles. The van der Waals surface area contributed by atoms with Gasteiger partial charge in [0, 0.05) is 18.8 Å². The van der Waals surface area contributed by atoms with Crippen LogP contribution in [0.3, 0.4) is 0 Å². The molecule has 0 spiro atoms. The first kappa shape index (κ1) is 10.8. The monoisotopic (exact) mass is 241 g/mol. The van der Waals surface area contributed by atoms with Crippen molar-refractivity contribution < 1.29 is 0 Å². The predicted octanol–water partition coefficient (Wildman–Crippen LogP) is 2.66. The van der Waals surface area contributed by atoms with E-state index in [0.717, 1.165) is 16.6 Å². The number of nitrogens with zero attached hydrogens (tertiary/aromatic N) is 3. The van der Waals surface area contributed by atoms with Crippen LogP contribution in [0.15, 0.2) is 23.3 Å². The summed E-state index contributed by atoms with van der Waals surface area (Å²) in [6.07, 6.45) is 1.79. The molecule has 15 heavy (non-hydrogen) atoms. The lowest BCUT2D eigenvalue weighted by Crippen LogP contribution is -2.31. The lowest BCUT2D eigenvalue weighted by Gasteiger charge is -2.22. The normalized spacial score (nSPS) is 23.8. The average Bonchev–Trinajstić information content (AvgIpc) is 2.61. The molecule has 0 bridgehead atoms. The molecule has 0 amide bonds. The zero-order valence-electron chi connectivity index (χ0n) is 8.64. The van der Waals surface area contributed by atoms with E-state index in [2.05, 4.69) is 21.8 Å². The van der Waals surface area contributed by atoms with Crippen molar-refractivity contribution >= 4 is 34.2 Å². The molecule has 1 aromatic heterocycles. The molecule has 1 atom stereocenters. The molecule has 1 saturated heterocycles. The zero-order valence-corrected chi connectivity index (χ0v) is 10.2. The number of rotatable bonds is 1. The molecule has 2 rings (SSSR count). The number of aromatic nitrogens is 1. The van der Waals surface area contributed by atoms with Crippen LogP contribution in [0.2, 0.25) is 5.15 Å². The smallest absolute Gasteiger partial charge is 0.163 e. The summed E-state index contributed by atoms with van der Waals surface area (Å²) in [5.41, 5.74) is 1.05. The Bertz CT molecular complexity index is 377. The maximum absolute atomic E-state index is 5.76. The second-order valence-electron chi connectivity index (χ2n) is 3.38. The standard InChI is InChI=1S/C10H12ClN3S/c1-7-6-15-10(12-2)14(7)8-3-4-9(11)13-5-8/h3-5,7H,6H2,1-2H3. The van der Waals surface area contributed by atoms with Gasteiger partial charge in [-0.05, 0) is 19.1 Å². The molecule has 1 fully saturated rings. The lowest BCUT2D eigenvalue weighted by atomic mass is 10.3. The summed E-state index contributed by atoms with van der Waals surface area (Å²) in [7, 11) is 1.82. The fourth-order valence-electron chi connectivity index (χ4n) is 1.58. The number of aliphatic imine (C=N–C) groups is 1. The fraction of sp³-hybridized carbons (Fsp3) is 0.400. The Hall–Kier alpha value is -0.740. The summed E-state index contributed by atoms with van der Waals surface area (Å²) in [5.74, 6) is 1.06. The summed E-state index contributed by atoms with van der Waals surface area (Å²) < 4.78 is 0. The maximum Gasteiger partial charge on any atom is 0.163 e. The summed E-state index contributed by atoms with van der Waals surface area (Å²) in [4.78, 5) is 10.5. The lowest BCUT2D eigenvalue weighted by molar-refractivity contribution is 0.837. The van der Waals surface area contributed by atoms with Crippen molar-refractivity contribution in [2.75, 3.05) is 17.7 Å². The highest BCUT2D eigenvalue weighted by atomic mass is 35.5.